The predicted molar refractivity (Wildman–Crippen MR) is 80.7 cm³/mol. The highest BCUT2D eigenvalue weighted by molar-refractivity contribution is 5.99. The number of carboxylic acids is 1. The van der Waals surface area contributed by atoms with Crippen LogP contribution in [0.2, 0.25) is 0 Å². The highest BCUT2D eigenvalue weighted by Gasteiger charge is 2.31. The first-order chi connectivity index (χ1) is 10.2. The molecular formula is C17H21NO3. The minimum Gasteiger partial charge on any atom is -0.478 e. The maximum Gasteiger partial charge on any atom is 0.336 e. The number of hydrogen-bond donors (Lipinski definition) is 1. The molecule has 112 valence electrons. The molecule has 1 amide bonds. The summed E-state index contributed by atoms with van der Waals surface area (Å²) in [5.41, 5.74) is 1.98. The summed E-state index contributed by atoms with van der Waals surface area (Å²) in [7, 11) is 0. The van der Waals surface area contributed by atoms with Gasteiger partial charge in [0.25, 0.3) is 0 Å². The van der Waals surface area contributed by atoms with Gasteiger partial charge in [-0.3, -0.25) is 4.79 Å². The van der Waals surface area contributed by atoms with Crippen molar-refractivity contribution in [3.63, 3.8) is 0 Å². The van der Waals surface area contributed by atoms with E-state index in [1.54, 1.807) is 12.1 Å². The molecule has 1 aromatic carbocycles. The quantitative estimate of drug-likeness (QED) is 0.908. The summed E-state index contributed by atoms with van der Waals surface area (Å²) in [6.07, 6.45) is 7.02. The van der Waals surface area contributed by atoms with Crippen molar-refractivity contribution < 1.29 is 14.7 Å². The number of aromatic carboxylic acids is 1. The number of amides is 1. The van der Waals surface area contributed by atoms with Crippen molar-refractivity contribution in [2.24, 2.45) is 5.92 Å². The van der Waals surface area contributed by atoms with Crippen molar-refractivity contribution in [1.29, 1.82) is 0 Å². The monoisotopic (exact) mass is 287 g/mol. The topological polar surface area (TPSA) is 57.6 Å². The third kappa shape index (κ3) is 2.67. The standard InChI is InChI=1S/C17H21NO3/c19-16(12-6-2-1-3-7-12)18-11-5-9-13-14(17(20)21)8-4-10-15(13)18/h4,8,10,12H,1-3,5-7,9,11H2,(H,20,21). The highest BCUT2D eigenvalue weighted by atomic mass is 16.4. The van der Waals surface area contributed by atoms with Crippen LogP contribution in [0.3, 0.4) is 0 Å². The molecule has 0 atom stereocenters. The number of carboxylic acid groups (broad SMARTS) is 1. The zero-order valence-corrected chi connectivity index (χ0v) is 12.2. The Morgan fingerprint density at radius 2 is 1.86 bits per heavy atom. The summed E-state index contributed by atoms with van der Waals surface area (Å²) in [5, 5.41) is 9.31. The van der Waals surface area contributed by atoms with Gasteiger partial charge in [-0.25, -0.2) is 4.79 Å². The normalized spacial score (nSPS) is 19.1. The Labute approximate surface area is 124 Å². The minimum atomic E-state index is -0.904. The summed E-state index contributed by atoms with van der Waals surface area (Å²) < 4.78 is 0. The third-order valence-corrected chi connectivity index (χ3v) is 4.70. The molecule has 1 fully saturated rings. The molecule has 0 spiro atoms. The van der Waals surface area contributed by atoms with Gasteiger partial charge in [-0.15, -0.1) is 0 Å². The Kier molecular flexibility index (Phi) is 3.95. The number of fused-ring (bicyclic) bond motifs is 1. The van der Waals surface area contributed by atoms with Gasteiger partial charge in [-0.1, -0.05) is 25.3 Å². The zero-order chi connectivity index (χ0) is 14.8. The molecule has 1 aliphatic heterocycles. The van der Waals surface area contributed by atoms with E-state index in [0.29, 0.717) is 12.1 Å². The Balaban J connectivity index is 1.91. The Morgan fingerprint density at radius 3 is 2.57 bits per heavy atom. The van der Waals surface area contributed by atoms with Crippen LogP contribution >= 0.6 is 0 Å². The van der Waals surface area contributed by atoms with Crippen molar-refractivity contribution in [3.05, 3.63) is 29.3 Å². The van der Waals surface area contributed by atoms with E-state index in [-0.39, 0.29) is 11.8 Å². The Hall–Kier alpha value is -1.84. The lowest BCUT2D eigenvalue weighted by molar-refractivity contribution is -0.123. The van der Waals surface area contributed by atoms with Gasteiger partial charge >= 0.3 is 5.97 Å². The second-order valence-corrected chi connectivity index (χ2v) is 6.04. The van der Waals surface area contributed by atoms with E-state index < -0.39 is 5.97 Å². The maximum atomic E-state index is 12.8. The van der Waals surface area contributed by atoms with Crippen LogP contribution in [0.15, 0.2) is 18.2 Å². The van der Waals surface area contributed by atoms with Crippen LogP contribution in [0.1, 0.15) is 54.4 Å². The van der Waals surface area contributed by atoms with Gasteiger partial charge < -0.3 is 10.0 Å². The average Bonchev–Trinajstić information content (AvgIpc) is 2.53. The minimum absolute atomic E-state index is 0.123. The van der Waals surface area contributed by atoms with Crippen LogP contribution in [-0.4, -0.2) is 23.5 Å². The van der Waals surface area contributed by atoms with E-state index in [2.05, 4.69) is 0 Å². The lowest BCUT2D eigenvalue weighted by atomic mass is 9.87. The van der Waals surface area contributed by atoms with Crippen LogP contribution in [0.5, 0.6) is 0 Å². The number of rotatable bonds is 2. The number of carbonyl (C=O) groups excluding carboxylic acids is 1. The van der Waals surface area contributed by atoms with Crippen molar-refractivity contribution in [3.8, 4) is 0 Å². The van der Waals surface area contributed by atoms with Crippen molar-refractivity contribution in [2.75, 3.05) is 11.4 Å². The van der Waals surface area contributed by atoms with Crippen LogP contribution in [-0.2, 0) is 11.2 Å². The highest BCUT2D eigenvalue weighted by Crippen LogP contribution is 2.33. The molecule has 4 nitrogen and oxygen atoms in total. The lowest BCUT2D eigenvalue weighted by Crippen LogP contribution is -2.40. The summed E-state index contributed by atoms with van der Waals surface area (Å²) >= 11 is 0. The van der Waals surface area contributed by atoms with Crippen LogP contribution in [0, 0.1) is 5.92 Å². The van der Waals surface area contributed by atoms with Gasteiger partial charge in [-0.2, -0.15) is 0 Å². The number of anilines is 1. The molecule has 2 aliphatic rings. The van der Waals surface area contributed by atoms with E-state index in [0.717, 1.165) is 49.8 Å². The van der Waals surface area contributed by atoms with Crippen molar-refractivity contribution in [1.82, 2.24) is 0 Å². The SMILES string of the molecule is O=C(O)c1cccc2c1CCCN2C(=O)C1CCCCC1. The van der Waals surface area contributed by atoms with E-state index in [9.17, 15) is 14.7 Å². The average molecular weight is 287 g/mol. The van der Waals surface area contributed by atoms with Gasteiger partial charge in [0.2, 0.25) is 5.91 Å². The fraction of sp³-hybridized carbons (Fsp3) is 0.529. The van der Waals surface area contributed by atoms with Gasteiger partial charge in [0, 0.05) is 18.2 Å². The summed E-state index contributed by atoms with van der Waals surface area (Å²) in [6.45, 7) is 0.714. The summed E-state index contributed by atoms with van der Waals surface area (Å²) in [4.78, 5) is 26.0. The molecule has 1 saturated carbocycles. The summed E-state index contributed by atoms with van der Waals surface area (Å²) in [5.74, 6) is -0.588. The molecule has 0 bridgehead atoms. The van der Waals surface area contributed by atoms with Gasteiger partial charge in [0.05, 0.1) is 5.56 Å². The fourth-order valence-corrected chi connectivity index (χ4v) is 3.62. The molecule has 0 unspecified atom stereocenters. The molecule has 21 heavy (non-hydrogen) atoms. The van der Waals surface area contributed by atoms with E-state index in [4.69, 9.17) is 0 Å². The van der Waals surface area contributed by atoms with Crippen LogP contribution in [0.4, 0.5) is 5.69 Å². The molecule has 0 saturated heterocycles. The van der Waals surface area contributed by atoms with Crippen molar-refractivity contribution in [2.45, 2.75) is 44.9 Å². The zero-order valence-electron chi connectivity index (χ0n) is 12.2. The second kappa shape index (κ2) is 5.88. The molecule has 0 radical (unpaired) electrons. The Morgan fingerprint density at radius 1 is 1.10 bits per heavy atom. The molecule has 0 aromatic heterocycles. The van der Waals surface area contributed by atoms with Crippen LogP contribution < -0.4 is 4.90 Å². The fourth-order valence-electron chi connectivity index (χ4n) is 3.62. The van der Waals surface area contributed by atoms with Gasteiger partial charge in [0.15, 0.2) is 0 Å². The smallest absolute Gasteiger partial charge is 0.336 e. The largest absolute Gasteiger partial charge is 0.478 e. The first-order valence-corrected chi connectivity index (χ1v) is 7.85. The molecule has 4 heteroatoms. The number of carbonyl (C=O) groups is 2. The second-order valence-electron chi connectivity index (χ2n) is 6.04. The Bertz CT molecular complexity index is 561. The van der Waals surface area contributed by atoms with Gasteiger partial charge in [-0.05, 0) is 43.4 Å². The molecule has 3 rings (SSSR count). The van der Waals surface area contributed by atoms with Crippen molar-refractivity contribution >= 4 is 17.6 Å². The third-order valence-electron chi connectivity index (χ3n) is 4.70. The number of nitrogens with zero attached hydrogens (tertiary/aromatic N) is 1. The molecule has 1 heterocycles. The molecule has 1 N–H and O–H groups in total. The molecule has 1 aliphatic carbocycles. The lowest BCUT2D eigenvalue weighted by Gasteiger charge is -2.34. The van der Waals surface area contributed by atoms with Crippen LogP contribution in [0.25, 0.3) is 0 Å². The molecule has 1 aromatic rings. The number of hydrogen-bond acceptors (Lipinski definition) is 2. The van der Waals surface area contributed by atoms with E-state index in [1.165, 1.54) is 6.42 Å². The van der Waals surface area contributed by atoms with E-state index in [1.807, 2.05) is 11.0 Å². The number of benzene rings is 1. The molecular weight excluding hydrogens is 266 g/mol. The first-order valence-electron chi connectivity index (χ1n) is 7.85. The first kappa shape index (κ1) is 14.1. The maximum absolute atomic E-state index is 12.8. The van der Waals surface area contributed by atoms with Gasteiger partial charge in [0.1, 0.15) is 0 Å². The predicted octanol–water partition coefficient (Wildman–Crippen LogP) is 3.24. The summed E-state index contributed by atoms with van der Waals surface area (Å²) in [6, 6.07) is 5.27. The van der Waals surface area contributed by atoms with E-state index >= 15 is 0 Å².